The molecular weight excluding hydrogens is 532 g/mol. The molecule has 0 saturated carbocycles. The van der Waals surface area contributed by atoms with Crippen LogP contribution >= 0.6 is 0 Å². The van der Waals surface area contributed by atoms with Crippen molar-refractivity contribution < 1.29 is 36.6 Å². The number of sulfone groups is 1. The molecule has 9 nitrogen and oxygen atoms in total. The number of nitrogens with zero attached hydrogens (tertiary/aromatic N) is 1. The van der Waals surface area contributed by atoms with Crippen LogP contribution in [0.5, 0.6) is 11.5 Å². The van der Waals surface area contributed by atoms with Gasteiger partial charge in [0, 0.05) is 35.6 Å². The second kappa shape index (κ2) is 10.3. The van der Waals surface area contributed by atoms with Crippen LogP contribution in [0.4, 0.5) is 8.78 Å². The number of carboxylic acid groups (broad SMARTS) is 1. The predicted octanol–water partition coefficient (Wildman–Crippen LogP) is 5.22. The molecule has 0 radical (unpaired) electrons. The number of H-pyrrole nitrogens is 2. The highest BCUT2D eigenvalue weighted by Crippen LogP contribution is 2.38. The fourth-order valence-corrected chi connectivity index (χ4v) is 5.25. The molecule has 0 aliphatic carbocycles. The van der Waals surface area contributed by atoms with E-state index < -0.39 is 45.9 Å². The number of aliphatic carboxylic acids is 1. The molecule has 1 atom stereocenters. The Morgan fingerprint density at radius 2 is 1.82 bits per heavy atom. The molecule has 3 aromatic carbocycles. The second-order valence-corrected chi connectivity index (χ2v) is 10.6. The number of carboxylic acids is 1. The van der Waals surface area contributed by atoms with Gasteiger partial charge in [-0.2, -0.15) is 0 Å². The number of halogens is 2. The van der Waals surface area contributed by atoms with E-state index in [1.54, 1.807) is 30.3 Å². The van der Waals surface area contributed by atoms with Crippen molar-refractivity contribution in [3.05, 3.63) is 95.9 Å². The van der Waals surface area contributed by atoms with Crippen molar-refractivity contribution >= 4 is 26.7 Å². The Labute approximate surface area is 221 Å². The fraction of sp³-hybridized carbons (Fsp3) is 0.111. The van der Waals surface area contributed by atoms with Gasteiger partial charge in [-0.1, -0.05) is 30.3 Å². The molecule has 2 heterocycles. The highest BCUT2D eigenvalue weighted by atomic mass is 32.2. The fourth-order valence-electron chi connectivity index (χ4n) is 4.20. The molecule has 0 bridgehead atoms. The number of aromatic nitrogens is 3. The highest BCUT2D eigenvalue weighted by molar-refractivity contribution is 7.91. The van der Waals surface area contributed by atoms with Gasteiger partial charge in [0.05, 0.1) is 11.3 Å². The van der Waals surface area contributed by atoms with E-state index >= 15 is 4.39 Å². The number of nitrogens with one attached hydrogen (secondary N) is 2. The van der Waals surface area contributed by atoms with E-state index in [1.165, 1.54) is 30.6 Å². The quantitative estimate of drug-likeness (QED) is 0.228. The van der Waals surface area contributed by atoms with Crippen LogP contribution in [0.3, 0.4) is 0 Å². The number of imidazole rings is 1. The van der Waals surface area contributed by atoms with Gasteiger partial charge in [-0.3, -0.25) is 0 Å². The van der Waals surface area contributed by atoms with Gasteiger partial charge in [0.25, 0.3) is 0 Å². The lowest BCUT2D eigenvalue weighted by molar-refractivity contribution is -0.143. The van der Waals surface area contributed by atoms with Crippen LogP contribution in [0.25, 0.3) is 22.3 Å². The number of benzene rings is 3. The predicted molar refractivity (Wildman–Crippen MR) is 137 cm³/mol. The topological polar surface area (TPSA) is 134 Å². The largest absolute Gasteiger partial charge is 0.480 e. The van der Waals surface area contributed by atoms with Gasteiger partial charge in [0.1, 0.15) is 35.0 Å². The van der Waals surface area contributed by atoms with Gasteiger partial charge in [-0.15, -0.1) is 0 Å². The molecule has 5 rings (SSSR count). The zero-order valence-corrected chi connectivity index (χ0v) is 21.1. The Balaban J connectivity index is 1.52. The third-order valence-corrected chi connectivity index (χ3v) is 6.99. The number of fused-ring (bicyclic) bond motifs is 1. The first-order valence-electron chi connectivity index (χ1n) is 11.5. The van der Waals surface area contributed by atoms with Crippen molar-refractivity contribution in [1.29, 1.82) is 0 Å². The van der Waals surface area contributed by atoms with Gasteiger partial charge in [-0.05, 0) is 29.8 Å². The molecule has 0 aliphatic heterocycles. The molecule has 2 aromatic heterocycles. The van der Waals surface area contributed by atoms with Crippen molar-refractivity contribution in [2.45, 2.75) is 11.0 Å². The van der Waals surface area contributed by atoms with Crippen LogP contribution in [0.2, 0.25) is 0 Å². The smallest absolute Gasteiger partial charge is 0.329 e. The van der Waals surface area contributed by atoms with Crippen molar-refractivity contribution in [3.63, 3.8) is 0 Å². The molecule has 0 saturated heterocycles. The lowest BCUT2D eigenvalue weighted by atomic mass is 10.1. The van der Waals surface area contributed by atoms with Gasteiger partial charge in [0.15, 0.2) is 21.4 Å². The molecule has 0 spiro atoms. The minimum Gasteiger partial charge on any atom is -0.480 e. The lowest BCUT2D eigenvalue weighted by Gasteiger charge is -2.15. The minimum atomic E-state index is -3.92. The van der Waals surface area contributed by atoms with Crippen molar-refractivity contribution in [1.82, 2.24) is 15.0 Å². The van der Waals surface area contributed by atoms with E-state index in [1.807, 2.05) is 0 Å². The number of hydrogen-bond acceptors (Lipinski definition) is 6. The number of aromatic amines is 2. The maximum atomic E-state index is 15.0. The Bertz CT molecular complexity index is 1780. The summed E-state index contributed by atoms with van der Waals surface area (Å²) in [7, 11) is -3.92. The van der Waals surface area contributed by atoms with Crippen molar-refractivity contribution in [2.24, 2.45) is 0 Å². The van der Waals surface area contributed by atoms with Gasteiger partial charge in [0.2, 0.25) is 0 Å². The summed E-state index contributed by atoms with van der Waals surface area (Å²) in [6, 6.07) is 15.0. The van der Waals surface area contributed by atoms with Crippen LogP contribution in [-0.4, -0.2) is 47.3 Å². The number of hydrogen-bond donors (Lipinski definition) is 3. The first-order valence-corrected chi connectivity index (χ1v) is 13.4. The Kier molecular flexibility index (Phi) is 6.89. The maximum absolute atomic E-state index is 15.0. The Morgan fingerprint density at radius 1 is 1.05 bits per heavy atom. The maximum Gasteiger partial charge on any atom is 0.329 e. The van der Waals surface area contributed by atoms with E-state index in [2.05, 4.69) is 15.0 Å². The third-order valence-electron chi connectivity index (χ3n) is 5.84. The molecule has 200 valence electrons. The first kappa shape index (κ1) is 26.1. The average molecular weight is 554 g/mol. The summed E-state index contributed by atoms with van der Waals surface area (Å²) in [5.74, 6) is -3.26. The van der Waals surface area contributed by atoms with Crippen molar-refractivity contribution in [2.75, 3.05) is 12.9 Å². The molecule has 39 heavy (non-hydrogen) atoms. The minimum absolute atomic E-state index is 0.0372. The van der Waals surface area contributed by atoms with Crippen LogP contribution in [0.15, 0.2) is 78.0 Å². The van der Waals surface area contributed by atoms with E-state index in [-0.39, 0.29) is 32.9 Å². The molecule has 12 heteroatoms. The Hall–Kier alpha value is -4.55. The molecule has 0 amide bonds. The number of carbonyl (C=O) groups is 1. The van der Waals surface area contributed by atoms with Gasteiger partial charge >= 0.3 is 5.97 Å². The molecule has 0 fully saturated rings. The summed E-state index contributed by atoms with van der Waals surface area (Å²) >= 11 is 0. The molecule has 5 aromatic rings. The number of ether oxygens (including phenoxy) is 2. The molecule has 1 unspecified atom stereocenters. The van der Waals surface area contributed by atoms with Gasteiger partial charge in [-0.25, -0.2) is 27.0 Å². The van der Waals surface area contributed by atoms with E-state index in [9.17, 15) is 17.6 Å². The first-order chi connectivity index (χ1) is 18.6. The van der Waals surface area contributed by atoms with E-state index in [0.29, 0.717) is 11.3 Å². The second-order valence-electron chi connectivity index (χ2n) is 8.64. The summed E-state index contributed by atoms with van der Waals surface area (Å²) < 4.78 is 66.2. The number of rotatable bonds is 9. The average Bonchev–Trinajstić information content (AvgIpc) is 3.55. The monoisotopic (exact) mass is 553 g/mol. The van der Waals surface area contributed by atoms with E-state index in [4.69, 9.17) is 14.6 Å². The van der Waals surface area contributed by atoms with Crippen LogP contribution in [-0.2, 0) is 19.4 Å². The summed E-state index contributed by atoms with van der Waals surface area (Å²) in [5, 5.41) is 9.33. The molecular formula is C27H21F2N3O6S. The van der Waals surface area contributed by atoms with Crippen LogP contribution < -0.4 is 4.74 Å². The normalized spacial score (nSPS) is 12.5. The summed E-state index contributed by atoms with van der Waals surface area (Å²) in [6.45, 7) is -0.584. The molecule has 3 N–H and O–H groups in total. The summed E-state index contributed by atoms with van der Waals surface area (Å²) in [5.41, 5.74) is 1.17. The van der Waals surface area contributed by atoms with Crippen molar-refractivity contribution in [3.8, 4) is 22.9 Å². The summed E-state index contributed by atoms with van der Waals surface area (Å²) in [6.07, 6.45) is 3.03. The molecule has 0 aliphatic rings. The third kappa shape index (κ3) is 5.38. The summed E-state index contributed by atoms with van der Waals surface area (Å²) in [4.78, 5) is 20.8. The standard InChI is InChI=1S/C27H21F2N3O6S/c1-39(35,36)26-17-9-10-30-21(17)12-20(29)25(26)38-16-7-8-19(28)18(11-16)27-31-13-22(32-27)24(37-14-23(33)34)15-5-3-2-4-6-15/h2-13,24,30H,14H2,1H3,(H,31,32)(H,33,34). The van der Waals surface area contributed by atoms with Gasteiger partial charge < -0.3 is 24.5 Å². The zero-order chi connectivity index (χ0) is 27.7. The zero-order valence-electron chi connectivity index (χ0n) is 20.3. The SMILES string of the molecule is CS(=O)(=O)c1c(Oc2ccc(F)c(-c3nc(C(OCC(=O)O)c4ccccc4)c[nH]3)c2)c(F)cc2[nH]ccc12. The van der Waals surface area contributed by atoms with E-state index in [0.717, 1.165) is 18.4 Å². The Morgan fingerprint density at radius 3 is 2.54 bits per heavy atom. The van der Waals surface area contributed by atoms with Crippen LogP contribution in [0, 0.1) is 11.6 Å². The highest BCUT2D eigenvalue weighted by Gasteiger charge is 2.25. The van der Waals surface area contributed by atoms with Crippen LogP contribution in [0.1, 0.15) is 17.4 Å². The lowest BCUT2D eigenvalue weighted by Crippen LogP contribution is -2.13.